The summed E-state index contributed by atoms with van der Waals surface area (Å²) in [7, 11) is 0. The maximum Gasteiger partial charge on any atom is 0.164 e. The lowest BCUT2D eigenvalue weighted by Gasteiger charge is -2.10. The monoisotopic (exact) mass is 729 g/mol. The van der Waals surface area contributed by atoms with Crippen LogP contribution >= 0.6 is 0 Å². The second-order valence-electron chi connectivity index (χ2n) is 14.4. The first-order valence-electron chi connectivity index (χ1n) is 19.1. The van der Waals surface area contributed by atoms with Crippen molar-refractivity contribution in [1.29, 1.82) is 0 Å². The molecule has 0 saturated heterocycles. The molecule has 0 amide bonds. The Balaban J connectivity index is 1.04. The average molecular weight is 730 g/mol. The number of aromatic nitrogens is 5. The van der Waals surface area contributed by atoms with Crippen molar-refractivity contribution < 1.29 is 4.42 Å². The summed E-state index contributed by atoms with van der Waals surface area (Å²) in [6.07, 6.45) is 0. The van der Waals surface area contributed by atoms with Gasteiger partial charge in [0.2, 0.25) is 0 Å². The zero-order valence-corrected chi connectivity index (χ0v) is 30.5. The van der Waals surface area contributed by atoms with Gasteiger partial charge in [-0.15, -0.1) is 0 Å². The maximum atomic E-state index is 6.56. The molecule has 0 saturated carbocycles. The molecule has 57 heavy (non-hydrogen) atoms. The minimum Gasteiger partial charge on any atom is -0.456 e. The Hall–Kier alpha value is -7.83. The predicted molar refractivity (Wildman–Crippen MR) is 232 cm³/mol. The molecule has 0 aliphatic carbocycles. The van der Waals surface area contributed by atoms with Gasteiger partial charge in [0.1, 0.15) is 11.2 Å². The molecule has 0 spiro atoms. The molecule has 0 aliphatic heterocycles. The van der Waals surface area contributed by atoms with Crippen LogP contribution in [0.4, 0.5) is 0 Å². The van der Waals surface area contributed by atoms with Crippen molar-refractivity contribution in [2.45, 2.75) is 0 Å². The molecule has 6 heteroatoms. The van der Waals surface area contributed by atoms with Crippen molar-refractivity contribution in [1.82, 2.24) is 24.1 Å². The molecule has 0 unspecified atom stereocenters. The van der Waals surface area contributed by atoms with E-state index >= 15 is 0 Å². The summed E-state index contributed by atoms with van der Waals surface area (Å²) in [5, 5.41) is 7.00. The summed E-state index contributed by atoms with van der Waals surface area (Å²) in [4.78, 5) is 14.8. The number of fused-ring (bicyclic) bond motifs is 10. The Kier molecular flexibility index (Phi) is 6.83. The number of furan rings is 1. The number of hydrogen-bond acceptors (Lipinski definition) is 4. The van der Waals surface area contributed by atoms with Gasteiger partial charge in [-0.1, -0.05) is 127 Å². The van der Waals surface area contributed by atoms with Gasteiger partial charge in [0.15, 0.2) is 17.5 Å². The molecule has 0 fully saturated rings. The van der Waals surface area contributed by atoms with Gasteiger partial charge in [0, 0.05) is 60.4 Å². The number of para-hydroxylation sites is 3. The van der Waals surface area contributed by atoms with Crippen LogP contribution in [0.1, 0.15) is 0 Å². The van der Waals surface area contributed by atoms with E-state index in [1.165, 1.54) is 32.6 Å². The van der Waals surface area contributed by atoms with Crippen LogP contribution in [0.5, 0.6) is 0 Å². The molecule has 8 aromatic carbocycles. The van der Waals surface area contributed by atoms with Gasteiger partial charge in [-0.2, -0.15) is 0 Å². The van der Waals surface area contributed by atoms with Crippen molar-refractivity contribution in [3.8, 4) is 45.5 Å². The SMILES string of the molecule is c1ccc(-c2nc(-c3ccccc3)nc(-c3ccc4c(c3)oc3ccc(-n5c6ccccc6c6c5ccc5c7ccccc7n(-c7ccccc7)c56)cc34)n2)cc1. The van der Waals surface area contributed by atoms with Crippen LogP contribution in [0.2, 0.25) is 0 Å². The molecular weight excluding hydrogens is 699 g/mol. The minimum absolute atomic E-state index is 0.593. The summed E-state index contributed by atoms with van der Waals surface area (Å²) in [5.41, 5.74) is 11.2. The summed E-state index contributed by atoms with van der Waals surface area (Å²) in [5.74, 6) is 1.85. The zero-order valence-electron chi connectivity index (χ0n) is 30.5. The average Bonchev–Trinajstić information content (AvgIpc) is 3.94. The largest absolute Gasteiger partial charge is 0.456 e. The highest BCUT2D eigenvalue weighted by atomic mass is 16.3. The highest BCUT2D eigenvalue weighted by molar-refractivity contribution is 6.26. The molecule has 266 valence electrons. The Morgan fingerprint density at radius 2 is 0.912 bits per heavy atom. The zero-order chi connectivity index (χ0) is 37.5. The fourth-order valence-electron chi connectivity index (χ4n) is 8.61. The van der Waals surface area contributed by atoms with E-state index in [-0.39, 0.29) is 0 Å². The molecule has 4 aromatic heterocycles. The van der Waals surface area contributed by atoms with Crippen molar-refractivity contribution in [3.63, 3.8) is 0 Å². The fraction of sp³-hybridized carbons (Fsp3) is 0. The van der Waals surface area contributed by atoms with E-state index in [9.17, 15) is 0 Å². The highest BCUT2D eigenvalue weighted by Crippen LogP contribution is 2.43. The second kappa shape index (κ2) is 12.3. The Morgan fingerprint density at radius 1 is 0.333 bits per heavy atom. The van der Waals surface area contributed by atoms with E-state index in [1.807, 2.05) is 66.7 Å². The third-order valence-electron chi connectivity index (χ3n) is 11.2. The quantitative estimate of drug-likeness (QED) is 0.177. The van der Waals surface area contributed by atoms with Crippen LogP contribution < -0.4 is 0 Å². The molecule has 0 atom stereocenters. The van der Waals surface area contributed by atoms with Gasteiger partial charge in [-0.3, -0.25) is 0 Å². The van der Waals surface area contributed by atoms with E-state index < -0.39 is 0 Å². The normalized spacial score (nSPS) is 11.9. The van der Waals surface area contributed by atoms with Crippen molar-refractivity contribution in [2.75, 3.05) is 0 Å². The summed E-state index contributed by atoms with van der Waals surface area (Å²) >= 11 is 0. The molecule has 4 heterocycles. The Labute approximate surface area is 326 Å². The third kappa shape index (κ3) is 4.87. The van der Waals surface area contributed by atoms with Crippen LogP contribution in [-0.4, -0.2) is 24.1 Å². The lowest BCUT2D eigenvalue weighted by atomic mass is 10.1. The van der Waals surface area contributed by atoms with E-state index in [0.717, 1.165) is 61.0 Å². The first-order valence-corrected chi connectivity index (χ1v) is 19.1. The van der Waals surface area contributed by atoms with Gasteiger partial charge in [-0.25, -0.2) is 15.0 Å². The Morgan fingerprint density at radius 3 is 1.61 bits per heavy atom. The van der Waals surface area contributed by atoms with Gasteiger partial charge in [0.05, 0.1) is 22.1 Å². The minimum atomic E-state index is 0.593. The van der Waals surface area contributed by atoms with E-state index in [0.29, 0.717) is 17.5 Å². The van der Waals surface area contributed by atoms with Gasteiger partial charge >= 0.3 is 0 Å². The molecule has 6 nitrogen and oxygen atoms in total. The molecular formula is C51H31N5O. The predicted octanol–water partition coefficient (Wildman–Crippen LogP) is 13.0. The maximum absolute atomic E-state index is 6.56. The van der Waals surface area contributed by atoms with Gasteiger partial charge < -0.3 is 13.6 Å². The summed E-state index contributed by atoms with van der Waals surface area (Å²) in [6.45, 7) is 0. The first kappa shape index (κ1) is 31.5. The number of benzene rings is 8. The second-order valence-corrected chi connectivity index (χ2v) is 14.4. The molecule has 0 bridgehead atoms. The molecule has 12 aromatic rings. The van der Waals surface area contributed by atoms with E-state index in [2.05, 4.69) is 130 Å². The molecule has 0 aliphatic rings. The van der Waals surface area contributed by atoms with Crippen molar-refractivity contribution in [2.24, 2.45) is 0 Å². The molecule has 0 N–H and O–H groups in total. The Bertz CT molecular complexity index is 3450. The number of nitrogens with zero attached hydrogens (tertiary/aromatic N) is 5. The highest BCUT2D eigenvalue weighted by Gasteiger charge is 2.21. The first-order chi connectivity index (χ1) is 28.3. The van der Waals surface area contributed by atoms with E-state index in [4.69, 9.17) is 19.4 Å². The molecule has 12 rings (SSSR count). The summed E-state index contributed by atoms with van der Waals surface area (Å²) in [6, 6.07) is 65.6. The van der Waals surface area contributed by atoms with Gasteiger partial charge in [0.25, 0.3) is 0 Å². The van der Waals surface area contributed by atoms with Crippen LogP contribution in [0, 0.1) is 0 Å². The third-order valence-corrected chi connectivity index (χ3v) is 11.2. The van der Waals surface area contributed by atoms with E-state index in [1.54, 1.807) is 0 Å². The lowest BCUT2D eigenvalue weighted by Crippen LogP contribution is -2.00. The lowest BCUT2D eigenvalue weighted by molar-refractivity contribution is 0.669. The number of rotatable bonds is 5. The topological polar surface area (TPSA) is 61.7 Å². The van der Waals surface area contributed by atoms with Crippen molar-refractivity contribution >= 4 is 65.6 Å². The van der Waals surface area contributed by atoms with Gasteiger partial charge in [-0.05, 0) is 60.7 Å². The van der Waals surface area contributed by atoms with Crippen molar-refractivity contribution in [3.05, 3.63) is 188 Å². The smallest absolute Gasteiger partial charge is 0.164 e. The standard InChI is InChI=1S/C51H31N5O/c1-4-14-32(15-5-1)49-52-50(33-16-6-2-7-17-33)54-51(53-49)34-24-26-38-41-31-36(25-29-45(41)57-46(38)30-34)55-43-23-13-11-21-40(43)47-44(55)28-27-39-37-20-10-12-22-42(37)56(48(39)47)35-18-8-3-9-19-35/h1-31H. The fourth-order valence-corrected chi connectivity index (χ4v) is 8.61. The van der Waals surface area contributed by atoms with Crippen LogP contribution in [0.15, 0.2) is 192 Å². The van der Waals surface area contributed by atoms with Crippen LogP contribution in [0.25, 0.3) is 111 Å². The molecule has 0 radical (unpaired) electrons. The van der Waals surface area contributed by atoms with Crippen LogP contribution in [0.3, 0.4) is 0 Å². The van der Waals surface area contributed by atoms with Crippen LogP contribution in [-0.2, 0) is 0 Å². The summed E-state index contributed by atoms with van der Waals surface area (Å²) < 4.78 is 11.4. The number of hydrogen-bond donors (Lipinski definition) is 0.